The Bertz CT molecular complexity index is 715. The second-order valence-electron chi connectivity index (χ2n) is 5.28. The molecule has 128 valence electrons. The average molecular weight is 330 g/mol. The molecular weight excluding hydrogens is 308 g/mol. The van der Waals surface area contributed by atoms with Gasteiger partial charge in [0.25, 0.3) is 0 Å². The summed E-state index contributed by atoms with van der Waals surface area (Å²) in [5.74, 6) is 0.101. The van der Waals surface area contributed by atoms with Crippen LogP contribution in [0.3, 0.4) is 0 Å². The van der Waals surface area contributed by atoms with Gasteiger partial charge in [-0.1, -0.05) is 24.3 Å². The molecule has 0 aliphatic carbocycles. The number of benzene rings is 2. The van der Waals surface area contributed by atoms with Crippen LogP contribution in [-0.2, 0) is 14.3 Å². The molecule has 0 unspecified atom stereocenters. The van der Waals surface area contributed by atoms with Crippen molar-refractivity contribution < 1.29 is 19.1 Å². The van der Waals surface area contributed by atoms with Crippen LogP contribution in [0.4, 0.5) is 5.69 Å². The molecule has 0 aliphatic heterocycles. The molecule has 2 aromatic rings. The Kier molecular flexibility index (Phi) is 6.57. The molecule has 0 aromatic heterocycles. The first-order valence-corrected chi connectivity index (χ1v) is 7.81. The van der Waals surface area contributed by atoms with Crippen molar-refractivity contribution in [1.29, 1.82) is 0 Å². The predicted octanol–water partition coefficient (Wildman–Crippen LogP) is 2.33. The van der Waals surface area contributed by atoms with Crippen molar-refractivity contribution in [2.24, 2.45) is 0 Å². The minimum Gasteiger partial charge on any atom is -0.481 e. The maximum Gasteiger partial charge on any atom is 0.343 e. The van der Waals surface area contributed by atoms with Gasteiger partial charge in [0.05, 0.1) is 7.11 Å². The van der Waals surface area contributed by atoms with Gasteiger partial charge >= 0.3 is 5.97 Å². The second-order valence-corrected chi connectivity index (χ2v) is 5.28. The first-order chi connectivity index (χ1) is 11.7. The zero-order valence-corrected chi connectivity index (χ0v) is 13.9. The van der Waals surface area contributed by atoms with Gasteiger partial charge in [-0.3, -0.25) is 4.79 Å². The van der Waals surface area contributed by atoms with Crippen molar-refractivity contribution in [3.8, 4) is 5.75 Å². The highest BCUT2D eigenvalue weighted by molar-refractivity contribution is 6.04. The number of methoxy groups -OCH3 is 1. The SMILES string of the molecule is CNCCCC(=O)Nc1ccc(OCC(=O)OC)c2ccccc12. The molecule has 0 spiro atoms. The van der Waals surface area contributed by atoms with E-state index in [9.17, 15) is 9.59 Å². The molecule has 2 N–H and O–H groups in total. The topological polar surface area (TPSA) is 76.7 Å². The average Bonchev–Trinajstić information content (AvgIpc) is 2.61. The third-order valence-electron chi connectivity index (χ3n) is 3.56. The summed E-state index contributed by atoms with van der Waals surface area (Å²) in [6, 6.07) is 11.1. The smallest absolute Gasteiger partial charge is 0.343 e. The molecule has 2 rings (SSSR count). The Morgan fingerprint density at radius 2 is 1.83 bits per heavy atom. The zero-order valence-electron chi connectivity index (χ0n) is 13.9. The lowest BCUT2D eigenvalue weighted by molar-refractivity contribution is -0.142. The van der Waals surface area contributed by atoms with Crippen LogP contribution < -0.4 is 15.4 Å². The van der Waals surface area contributed by atoms with E-state index in [1.54, 1.807) is 12.1 Å². The largest absolute Gasteiger partial charge is 0.481 e. The Morgan fingerprint density at radius 1 is 1.08 bits per heavy atom. The van der Waals surface area contributed by atoms with E-state index in [4.69, 9.17) is 4.74 Å². The molecule has 0 bridgehead atoms. The summed E-state index contributed by atoms with van der Waals surface area (Å²) < 4.78 is 10.1. The Morgan fingerprint density at radius 3 is 2.54 bits per heavy atom. The molecule has 0 aliphatic rings. The molecule has 0 fully saturated rings. The van der Waals surface area contributed by atoms with Crippen molar-refractivity contribution in [2.45, 2.75) is 12.8 Å². The molecule has 0 saturated heterocycles. The van der Waals surface area contributed by atoms with Gasteiger partial charge < -0.3 is 20.1 Å². The lowest BCUT2D eigenvalue weighted by atomic mass is 10.1. The van der Waals surface area contributed by atoms with E-state index >= 15 is 0 Å². The van der Waals surface area contributed by atoms with E-state index in [-0.39, 0.29) is 12.5 Å². The van der Waals surface area contributed by atoms with E-state index < -0.39 is 5.97 Å². The number of carbonyl (C=O) groups excluding carboxylic acids is 2. The van der Waals surface area contributed by atoms with Gasteiger partial charge in [-0.15, -0.1) is 0 Å². The highest BCUT2D eigenvalue weighted by Crippen LogP contribution is 2.31. The van der Waals surface area contributed by atoms with Crippen LogP contribution in [0.1, 0.15) is 12.8 Å². The van der Waals surface area contributed by atoms with E-state index in [1.165, 1.54) is 7.11 Å². The lowest BCUT2D eigenvalue weighted by Gasteiger charge is -2.13. The number of hydrogen-bond donors (Lipinski definition) is 2. The van der Waals surface area contributed by atoms with E-state index in [2.05, 4.69) is 15.4 Å². The Labute approximate surface area is 141 Å². The number of nitrogens with one attached hydrogen (secondary N) is 2. The molecule has 0 atom stereocenters. The zero-order chi connectivity index (χ0) is 17.4. The van der Waals surface area contributed by atoms with Crippen LogP contribution in [0.15, 0.2) is 36.4 Å². The summed E-state index contributed by atoms with van der Waals surface area (Å²) in [6.07, 6.45) is 1.23. The number of fused-ring (bicyclic) bond motifs is 1. The van der Waals surface area contributed by atoms with E-state index in [0.717, 1.165) is 29.4 Å². The Balaban J connectivity index is 2.17. The maximum absolute atomic E-state index is 12.0. The fourth-order valence-corrected chi connectivity index (χ4v) is 2.34. The molecule has 0 radical (unpaired) electrons. The minimum absolute atomic E-state index is 0.0290. The van der Waals surface area contributed by atoms with Crippen molar-refractivity contribution in [3.05, 3.63) is 36.4 Å². The number of anilines is 1. The molecule has 2 aromatic carbocycles. The van der Waals surface area contributed by atoms with Crippen LogP contribution in [0.2, 0.25) is 0 Å². The monoisotopic (exact) mass is 330 g/mol. The number of carbonyl (C=O) groups is 2. The number of ether oxygens (including phenoxy) is 2. The van der Waals surface area contributed by atoms with Gasteiger partial charge in [-0.2, -0.15) is 0 Å². The fraction of sp³-hybridized carbons (Fsp3) is 0.333. The van der Waals surface area contributed by atoms with Gasteiger partial charge in [0, 0.05) is 22.9 Å². The normalized spacial score (nSPS) is 10.4. The minimum atomic E-state index is -0.444. The molecule has 0 heterocycles. The Hall–Kier alpha value is -2.60. The van der Waals surface area contributed by atoms with Gasteiger partial charge in [0.15, 0.2) is 6.61 Å². The van der Waals surface area contributed by atoms with Gasteiger partial charge in [0.2, 0.25) is 5.91 Å². The highest BCUT2D eigenvalue weighted by Gasteiger charge is 2.10. The van der Waals surface area contributed by atoms with Crippen LogP contribution in [0.25, 0.3) is 10.8 Å². The highest BCUT2D eigenvalue weighted by atomic mass is 16.6. The lowest BCUT2D eigenvalue weighted by Crippen LogP contribution is -2.15. The third kappa shape index (κ3) is 4.70. The summed E-state index contributed by atoms with van der Waals surface area (Å²) in [6.45, 7) is 0.644. The standard InChI is InChI=1S/C18H22N2O4/c1-19-11-5-8-17(21)20-15-9-10-16(24-12-18(22)23-2)14-7-4-3-6-13(14)15/h3-4,6-7,9-10,19H,5,8,11-12H2,1-2H3,(H,20,21). The van der Waals surface area contributed by atoms with Crippen molar-refractivity contribution in [2.75, 3.05) is 32.6 Å². The maximum atomic E-state index is 12.0. The van der Waals surface area contributed by atoms with E-state index in [0.29, 0.717) is 12.2 Å². The number of hydrogen-bond acceptors (Lipinski definition) is 5. The van der Waals surface area contributed by atoms with Crippen molar-refractivity contribution in [3.63, 3.8) is 0 Å². The predicted molar refractivity (Wildman–Crippen MR) is 93.2 cm³/mol. The summed E-state index contributed by atoms with van der Waals surface area (Å²) in [7, 11) is 3.18. The van der Waals surface area contributed by atoms with Crippen LogP contribution in [-0.4, -0.2) is 39.2 Å². The van der Waals surface area contributed by atoms with Crippen LogP contribution in [0, 0.1) is 0 Å². The van der Waals surface area contributed by atoms with Crippen molar-refractivity contribution in [1.82, 2.24) is 5.32 Å². The quantitative estimate of drug-likeness (QED) is 0.574. The molecule has 24 heavy (non-hydrogen) atoms. The number of rotatable bonds is 8. The van der Waals surface area contributed by atoms with Crippen LogP contribution in [0.5, 0.6) is 5.75 Å². The first kappa shape index (κ1) is 17.7. The van der Waals surface area contributed by atoms with Crippen LogP contribution >= 0.6 is 0 Å². The summed E-state index contributed by atoms with van der Waals surface area (Å²) >= 11 is 0. The van der Waals surface area contributed by atoms with Gasteiger partial charge in [-0.25, -0.2) is 4.79 Å². The summed E-state index contributed by atoms with van der Waals surface area (Å²) in [5.41, 5.74) is 0.727. The number of amides is 1. The third-order valence-corrected chi connectivity index (χ3v) is 3.56. The van der Waals surface area contributed by atoms with Gasteiger partial charge in [-0.05, 0) is 32.1 Å². The molecular formula is C18H22N2O4. The molecule has 6 heteroatoms. The number of esters is 1. The van der Waals surface area contributed by atoms with E-state index in [1.807, 2.05) is 31.3 Å². The second kappa shape index (κ2) is 8.88. The fourth-order valence-electron chi connectivity index (χ4n) is 2.34. The van der Waals surface area contributed by atoms with Crippen molar-refractivity contribution >= 4 is 28.3 Å². The first-order valence-electron chi connectivity index (χ1n) is 7.81. The molecule has 1 amide bonds. The van der Waals surface area contributed by atoms with Gasteiger partial charge in [0.1, 0.15) is 5.75 Å². The summed E-state index contributed by atoms with van der Waals surface area (Å²) in [5, 5.41) is 7.64. The summed E-state index contributed by atoms with van der Waals surface area (Å²) in [4.78, 5) is 23.3. The molecule has 0 saturated carbocycles. The molecule has 6 nitrogen and oxygen atoms in total.